The van der Waals surface area contributed by atoms with E-state index >= 15 is 0 Å². The molecule has 2 atom stereocenters. The lowest BCUT2D eigenvalue weighted by Gasteiger charge is -2.34. The molecule has 1 aromatic carbocycles. The van der Waals surface area contributed by atoms with Crippen molar-refractivity contribution >= 4 is 29.9 Å². The molecule has 6 nitrogen and oxygen atoms in total. The highest BCUT2D eigenvalue weighted by molar-refractivity contribution is 14.0. The molecule has 0 spiro atoms. The first-order chi connectivity index (χ1) is 13.2. The van der Waals surface area contributed by atoms with E-state index in [4.69, 9.17) is 10.5 Å². The summed E-state index contributed by atoms with van der Waals surface area (Å²) < 4.78 is 19.2. The highest BCUT2D eigenvalue weighted by atomic mass is 127. The maximum Gasteiger partial charge on any atom is 0.188 e. The third-order valence-corrected chi connectivity index (χ3v) is 5.58. The van der Waals surface area contributed by atoms with Crippen LogP contribution in [0.25, 0.3) is 0 Å². The summed E-state index contributed by atoms with van der Waals surface area (Å²) in [6, 6.07) is 7.31. The molecule has 1 aromatic rings. The van der Waals surface area contributed by atoms with E-state index in [1.165, 1.54) is 25.5 Å². The number of aliphatic imine (C=N–C) groups is 1. The van der Waals surface area contributed by atoms with Crippen LogP contribution in [0.3, 0.4) is 0 Å². The normalized spacial score (nSPS) is 22.6. The molecule has 0 aromatic heterocycles. The average Bonchev–Trinajstić information content (AvgIpc) is 3.15. The van der Waals surface area contributed by atoms with Gasteiger partial charge >= 0.3 is 0 Å². The van der Waals surface area contributed by atoms with Crippen LogP contribution in [-0.4, -0.2) is 74.3 Å². The number of rotatable bonds is 7. The number of hydrogen-bond acceptors (Lipinski definition) is 4. The first kappa shape index (κ1) is 23.3. The maximum absolute atomic E-state index is 13.7. The van der Waals surface area contributed by atoms with Gasteiger partial charge in [0, 0.05) is 25.7 Å². The Morgan fingerprint density at radius 3 is 2.86 bits per heavy atom. The molecule has 0 radical (unpaired) electrons. The van der Waals surface area contributed by atoms with Crippen molar-refractivity contribution < 1.29 is 9.13 Å². The molecular formula is C20H33FIN5O. The number of hydrogen-bond donors (Lipinski definition) is 2. The van der Waals surface area contributed by atoms with Crippen molar-refractivity contribution in [1.29, 1.82) is 0 Å². The van der Waals surface area contributed by atoms with Gasteiger partial charge < -0.3 is 15.8 Å². The Morgan fingerprint density at radius 2 is 2.14 bits per heavy atom. The maximum atomic E-state index is 13.7. The fraction of sp³-hybridized carbons (Fsp3) is 0.650. The van der Waals surface area contributed by atoms with Crippen LogP contribution in [0.5, 0.6) is 0 Å². The van der Waals surface area contributed by atoms with Gasteiger partial charge in [0.2, 0.25) is 0 Å². The summed E-state index contributed by atoms with van der Waals surface area (Å²) in [5.74, 6) is 0.245. The van der Waals surface area contributed by atoms with Crippen molar-refractivity contribution in [2.24, 2.45) is 10.7 Å². The molecule has 2 aliphatic heterocycles. The molecule has 2 saturated heterocycles. The molecule has 158 valence electrons. The van der Waals surface area contributed by atoms with Crippen LogP contribution in [0.4, 0.5) is 4.39 Å². The van der Waals surface area contributed by atoms with Gasteiger partial charge in [0.15, 0.2) is 5.96 Å². The molecule has 0 saturated carbocycles. The minimum absolute atomic E-state index is 0. The molecule has 0 bridgehead atoms. The van der Waals surface area contributed by atoms with Crippen LogP contribution in [0, 0.1) is 5.82 Å². The number of likely N-dealkylation sites (N-methyl/N-ethyl adjacent to an activating group) is 1. The van der Waals surface area contributed by atoms with Crippen molar-refractivity contribution in [3.05, 3.63) is 35.6 Å². The lowest BCUT2D eigenvalue weighted by atomic mass is 10.0. The van der Waals surface area contributed by atoms with Crippen molar-refractivity contribution in [2.45, 2.75) is 31.8 Å². The SMILES string of the molecule is CCN1CCCC1CNC(N)=NCC(c1cccc(F)c1)N1CCOCC1.I. The second-order valence-electron chi connectivity index (χ2n) is 7.25. The second-order valence-corrected chi connectivity index (χ2v) is 7.25. The Balaban J connectivity index is 0.00000280. The van der Waals surface area contributed by atoms with Crippen molar-refractivity contribution in [3.8, 4) is 0 Å². The van der Waals surface area contributed by atoms with E-state index in [2.05, 4.69) is 27.0 Å². The molecule has 2 unspecified atom stereocenters. The highest BCUT2D eigenvalue weighted by Gasteiger charge is 2.24. The average molecular weight is 505 g/mol. The van der Waals surface area contributed by atoms with E-state index in [1.54, 1.807) is 12.1 Å². The summed E-state index contributed by atoms with van der Waals surface area (Å²) in [6.45, 7) is 8.78. The van der Waals surface area contributed by atoms with Gasteiger partial charge in [-0.15, -0.1) is 24.0 Å². The third kappa shape index (κ3) is 6.53. The summed E-state index contributed by atoms with van der Waals surface area (Å²) in [6.07, 6.45) is 2.45. The van der Waals surface area contributed by atoms with E-state index in [0.717, 1.165) is 31.7 Å². The Hall–Kier alpha value is -0.970. The summed E-state index contributed by atoms with van der Waals surface area (Å²) in [4.78, 5) is 9.35. The first-order valence-electron chi connectivity index (χ1n) is 10.0. The monoisotopic (exact) mass is 505 g/mol. The summed E-state index contributed by atoms with van der Waals surface area (Å²) in [5.41, 5.74) is 7.06. The number of benzene rings is 1. The fourth-order valence-corrected chi connectivity index (χ4v) is 4.04. The first-order valence-corrected chi connectivity index (χ1v) is 10.0. The molecule has 28 heavy (non-hydrogen) atoms. The van der Waals surface area contributed by atoms with E-state index in [-0.39, 0.29) is 35.8 Å². The van der Waals surface area contributed by atoms with Crippen LogP contribution in [0.15, 0.2) is 29.3 Å². The fourth-order valence-electron chi connectivity index (χ4n) is 4.04. The summed E-state index contributed by atoms with van der Waals surface area (Å²) >= 11 is 0. The van der Waals surface area contributed by atoms with Crippen molar-refractivity contribution in [2.75, 3.05) is 52.5 Å². The zero-order valence-corrected chi connectivity index (χ0v) is 19.0. The lowest BCUT2D eigenvalue weighted by Crippen LogP contribution is -2.43. The van der Waals surface area contributed by atoms with Gasteiger partial charge in [-0.25, -0.2) is 4.39 Å². The molecule has 2 aliphatic rings. The second kappa shape index (κ2) is 11.9. The van der Waals surface area contributed by atoms with E-state index < -0.39 is 0 Å². The van der Waals surface area contributed by atoms with Crippen LogP contribution in [0.2, 0.25) is 0 Å². The molecule has 3 N–H and O–H groups in total. The number of nitrogens with one attached hydrogen (secondary N) is 1. The zero-order chi connectivity index (χ0) is 19.1. The van der Waals surface area contributed by atoms with Gasteiger partial charge in [-0.3, -0.25) is 14.8 Å². The lowest BCUT2D eigenvalue weighted by molar-refractivity contribution is 0.0179. The minimum Gasteiger partial charge on any atom is -0.379 e. The predicted molar refractivity (Wildman–Crippen MR) is 122 cm³/mol. The topological polar surface area (TPSA) is 66.1 Å². The van der Waals surface area contributed by atoms with Crippen LogP contribution in [0.1, 0.15) is 31.4 Å². The van der Waals surface area contributed by atoms with Gasteiger partial charge in [0.05, 0.1) is 25.8 Å². The standard InChI is InChI=1S/C20H32FN5O.HI/c1-2-25-8-4-7-18(25)14-23-20(22)24-15-19(26-9-11-27-12-10-26)16-5-3-6-17(21)13-16;/h3,5-6,13,18-19H,2,4,7-12,14-15H2,1H3,(H3,22,23,24);1H. The third-order valence-electron chi connectivity index (χ3n) is 5.58. The van der Waals surface area contributed by atoms with E-state index in [0.29, 0.717) is 31.8 Å². The number of morpholine rings is 1. The zero-order valence-electron chi connectivity index (χ0n) is 16.6. The van der Waals surface area contributed by atoms with Gasteiger partial charge in [-0.1, -0.05) is 19.1 Å². The van der Waals surface area contributed by atoms with Crippen molar-refractivity contribution in [3.63, 3.8) is 0 Å². The van der Waals surface area contributed by atoms with E-state index in [9.17, 15) is 4.39 Å². The number of ether oxygens (including phenoxy) is 1. The number of nitrogens with two attached hydrogens (primary N) is 1. The Labute approximate surface area is 184 Å². The number of guanidine groups is 1. The Kier molecular flexibility index (Phi) is 9.90. The molecule has 0 amide bonds. The largest absolute Gasteiger partial charge is 0.379 e. The molecule has 0 aliphatic carbocycles. The number of likely N-dealkylation sites (tertiary alicyclic amines) is 1. The van der Waals surface area contributed by atoms with Crippen molar-refractivity contribution in [1.82, 2.24) is 15.1 Å². The number of nitrogens with zero attached hydrogens (tertiary/aromatic N) is 3. The molecular weight excluding hydrogens is 472 g/mol. The minimum atomic E-state index is -0.221. The van der Waals surface area contributed by atoms with Gasteiger partial charge in [0.1, 0.15) is 5.82 Å². The van der Waals surface area contributed by atoms with Gasteiger partial charge in [-0.05, 0) is 43.6 Å². The van der Waals surface area contributed by atoms with Gasteiger partial charge in [-0.2, -0.15) is 0 Å². The summed E-state index contributed by atoms with van der Waals surface area (Å²) in [5, 5.41) is 3.28. The van der Waals surface area contributed by atoms with E-state index in [1.807, 2.05) is 6.07 Å². The smallest absolute Gasteiger partial charge is 0.188 e. The quantitative estimate of drug-likeness (QED) is 0.338. The Bertz CT molecular complexity index is 626. The predicted octanol–water partition coefficient (Wildman–Crippen LogP) is 2.21. The highest BCUT2D eigenvalue weighted by Crippen LogP contribution is 2.23. The summed E-state index contributed by atoms with van der Waals surface area (Å²) in [7, 11) is 0. The van der Waals surface area contributed by atoms with Crippen LogP contribution in [-0.2, 0) is 4.74 Å². The van der Waals surface area contributed by atoms with Gasteiger partial charge in [0.25, 0.3) is 0 Å². The molecule has 2 fully saturated rings. The number of halogens is 2. The molecule has 2 heterocycles. The Morgan fingerprint density at radius 1 is 1.36 bits per heavy atom. The molecule has 3 rings (SSSR count). The van der Waals surface area contributed by atoms with Crippen LogP contribution >= 0.6 is 24.0 Å². The van der Waals surface area contributed by atoms with Crippen LogP contribution < -0.4 is 11.1 Å². The molecule has 8 heteroatoms.